The Balaban J connectivity index is 1.60. The van der Waals surface area contributed by atoms with E-state index in [2.05, 4.69) is 40.0 Å². The number of nitrogens with zero attached hydrogens (tertiary/aromatic N) is 1. The first kappa shape index (κ1) is 18.8. The molecule has 0 radical (unpaired) electrons. The molecule has 0 saturated heterocycles. The van der Waals surface area contributed by atoms with Gasteiger partial charge in [-0.1, -0.05) is 43.6 Å². The summed E-state index contributed by atoms with van der Waals surface area (Å²) in [5.74, 6) is 0.378. The molecule has 6 nitrogen and oxygen atoms in total. The maximum atomic E-state index is 12.3. The number of aromatic nitrogens is 2. The van der Waals surface area contributed by atoms with Crippen LogP contribution < -0.4 is 16.0 Å². The lowest BCUT2D eigenvalue weighted by molar-refractivity contribution is 0.262. The smallest absolute Gasteiger partial charge is 0.323 e. The number of anilines is 3. The number of halogens is 1. The maximum Gasteiger partial charge on any atom is 0.323 e. The molecule has 2 aromatic carbocycles. The molecular formula is C20H22ClN5O. The van der Waals surface area contributed by atoms with E-state index in [9.17, 15) is 4.79 Å². The maximum absolute atomic E-state index is 12.3. The van der Waals surface area contributed by atoms with Crippen molar-refractivity contribution in [2.45, 2.75) is 26.3 Å². The molecule has 0 aliphatic carbocycles. The van der Waals surface area contributed by atoms with Crippen molar-refractivity contribution in [1.29, 1.82) is 0 Å². The Labute approximate surface area is 163 Å². The molecule has 1 heterocycles. The van der Waals surface area contributed by atoms with Gasteiger partial charge in [-0.25, -0.2) is 4.79 Å². The molecule has 7 heteroatoms. The van der Waals surface area contributed by atoms with Crippen LogP contribution >= 0.6 is 11.6 Å². The number of urea groups is 1. The fraction of sp³-hybridized carbons (Fsp3) is 0.200. The normalized spacial score (nSPS) is 10.7. The van der Waals surface area contributed by atoms with E-state index in [1.54, 1.807) is 12.4 Å². The molecule has 1 aromatic heterocycles. The molecule has 0 unspecified atom stereocenters. The highest BCUT2D eigenvalue weighted by molar-refractivity contribution is 6.33. The Kier molecular flexibility index (Phi) is 5.98. The first-order valence-electron chi connectivity index (χ1n) is 8.70. The SMILES string of the molecule is CC(C)c1ccc(NC(=O)Nc2cccc(CNc3cn[nH]c3)c2)c(Cl)c1. The molecule has 27 heavy (non-hydrogen) atoms. The van der Waals surface area contributed by atoms with E-state index in [-0.39, 0.29) is 6.03 Å². The Bertz CT molecular complexity index is 908. The third-order valence-electron chi connectivity index (χ3n) is 4.09. The van der Waals surface area contributed by atoms with Crippen LogP contribution in [-0.4, -0.2) is 16.2 Å². The van der Waals surface area contributed by atoms with Gasteiger partial charge >= 0.3 is 6.03 Å². The number of carbonyl (C=O) groups excluding carboxylic acids is 1. The van der Waals surface area contributed by atoms with E-state index in [0.29, 0.717) is 28.9 Å². The number of amides is 2. The summed E-state index contributed by atoms with van der Waals surface area (Å²) in [6.07, 6.45) is 3.49. The zero-order chi connectivity index (χ0) is 19.2. The van der Waals surface area contributed by atoms with Gasteiger partial charge in [-0.05, 0) is 41.3 Å². The minimum Gasteiger partial charge on any atom is -0.378 e. The van der Waals surface area contributed by atoms with Crippen LogP contribution in [0.5, 0.6) is 0 Å². The third-order valence-corrected chi connectivity index (χ3v) is 4.40. The Hall–Kier alpha value is -2.99. The van der Waals surface area contributed by atoms with Crippen molar-refractivity contribution >= 4 is 34.7 Å². The van der Waals surface area contributed by atoms with Gasteiger partial charge in [0, 0.05) is 18.4 Å². The number of nitrogens with one attached hydrogen (secondary N) is 4. The number of rotatable bonds is 6. The molecule has 0 fully saturated rings. The van der Waals surface area contributed by atoms with Crippen LogP contribution in [0.15, 0.2) is 54.9 Å². The standard InChI is InChI=1S/C20H22ClN5O/c1-13(2)15-6-7-19(18(21)9-15)26-20(27)25-16-5-3-4-14(8-16)10-22-17-11-23-24-12-17/h3-9,11-13,22H,10H2,1-2H3,(H,23,24)(H2,25,26,27). The number of carbonyl (C=O) groups is 1. The van der Waals surface area contributed by atoms with Gasteiger partial charge in [-0.3, -0.25) is 5.10 Å². The zero-order valence-electron chi connectivity index (χ0n) is 15.2. The van der Waals surface area contributed by atoms with Gasteiger partial charge in [0.15, 0.2) is 0 Å². The zero-order valence-corrected chi connectivity index (χ0v) is 16.0. The fourth-order valence-electron chi connectivity index (χ4n) is 2.59. The topological polar surface area (TPSA) is 81.8 Å². The second kappa shape index (κ2) is 8.60. The fourth-order valence-corrected chi connectivity index (χ4v) is 2.82. The summed E-state index contributed by atoms with van der Waals surface area (Å²) in [5, 5.41) is 16.0. The molecule has 0 saturated carbocycles. The van der Waals surface area contributed by atoms with Gasteiger partial charge < -0.3 is 16.0 Å². The average molecular weight is 384 g/mol. The van der Waals surface area contributed by atoms with Gasteiger partial charge in [0.2, 0.25) is 0 Å². The van der Waals surface area contributed by atoms with E-state index in [4.69, 9.17) is 11.6 Å². The van der Waals surface area contributed by atoms with Crippen LogP contribution in [-0.2, 0) is 6.54 Å². The summed E-state index contributed by atoms with van der Waals surface area (Å²) in [6.45, 7) is 4.82. The first-order chi connectivity index (χ1) is 13.0. The summed E-state index contributed by atoms with van der Waals surface area (Å²) < 4.78 is 0. The van der Waals surface area contributed by atoms with Crippen molar-refractivity contribution in [3.63, 3.8) is 0 Å². The van der Waals surface area contributed by atoms with Crippen LogP contribution in [0.3, 0.4) is 0 Å². The van der Waals surface area contributed by atoms with Gasteiger partial charge in [-0.2, -0.15) is 5.10 Å². The Morgan fingerprint density at radius 1 is 1.15 bits per heavy atom. The second-order valence-electron chi connectivity index (χ2n) is 6.51. The summed E-state index contributed by atoms with van der Waals surface area (Å²) in [7, 11) is 0. The molecule has 0 spiro atoms. The van der Waals surface area contributed by atoms with Crippen molar-refractivity contribution in [2.24, 2.45) is 0 Å². The Morgan fingerprint density at radius 2 is 2.00 bits per heavy atom. The highest BCUT2D eigenvalue weighted by atomic mass is 35.5. The van der Waals surface area contributed by atoms with Crippen LogP contribution in [0.1, 0.15) is 30.9 Å². The highest BCUT2D eigenvalue weighted by Crippen LogP contribution is 2.26. The van der Waals surface area contributed by atoms with Crippen LogP contribution in [0.2, 0.25) is 5.02 Å². The third kappa shape index (κ3) is 5.24. The van der Waals surface area contributed by atoms with Gasteiger partial charge in [0.25, 0.3) is 0 Å². The van der Waals surface area contributed by atoms with Crippen molar-refractivity contribution in [3.8, 4) is 0 Å². The van der Waals surface area contributed by atoms with Crippen molar-refractivity contribution in [2.75, 3.05) is 16.0 Å². The van der Waals surface area contributed by atoms with E-state index in [1.165, 1.54) is 0 Å². The first-order valence-corrected chi connectivity index (χ1v) is 9.08. The molecule has 3 aromatic rings. The van der Waals surface area contributed by atoms with E-state index in [1.807, 2.05) is 42.5 Å². The molecule has 4 N–H and O–H groups in total. The molecule has 140 valence electrons. The predicted molar refractivity (Wildman–Crippen MR) is 111 cm³/mol. The quantitative estimate of drug-likeness (QED) is 0.457. The van der Waals surface area contributed by atoms with Crippen LogP contribution in [0.25, 0.3) is 0 Å². The average Bonchev–Trinajstić information content (AvgIpc) is 3.15. The van der Waals surface area contributed by atoms with Crippen LogP contribution in [0, 0.1) is 0 Å². The lowest BCUT2D eigenvalue weighted by atomic mass is 10.0. The van der Waals surface area contributed by atoms with Crippen molar-refractivity contribution in [1.82, 2.24) is 10.2 Å². The summed E-state index contributed by atoms with van der Waals surface area (Å²) in [5.41, 5.74) is 4.35. The lowest BCUT2D eigenvalue weighted by Gasteiger charge is -2.12. The predicted octanol–water partition coefficient (Wildman–Crippen LogP) is 5.44. The number of aromatic amines is 1. The number of benzene rings is 2. The monoisotopic (exact) mass is 383 g/mol. The largest absolute Gasteiger partial charge is 0.378 e. The highest BCUT2D eigenvalue weighted by Gasteiger charge is 2.09. The van der Waals surface area contributed by atoms with E-state index < -0.39 is 0 Å². The van der Waals surface area contributed by atoms with Crippen molar-refractivity contribution in [3.05, 3.63) is 71.0 Å². The number of hydrogen-bond donors (Lipinski definition) is 4. The summed E-state index contributed by atoms with van der Waals surface area (Å²) >= 11 is 6.28. The number of hydrogen-bond acceptors (Lipinski definition) is 3. The molecule has 0 atom stereocenters. The van der Waals surface area contributed by atoms with Gasteiger partial charge in [0.1, 0.15) is 0 Å². The summed E-state index contributed by atoms with van der Waals surface area (Å²) in [6, 6.07) is 13.0. The van der Waals surface area contributed by atoms with E-state index >= 15 is 0 Å². The van der Waals surface area contributed by atoms with Gasteiger partial charge in [0.05, 0.1) is 22.6 Å². The molecular weight excluding hydrogens is 362 g/mol. The molecule has 2 amide bonds. The molecule has 0 aliphatic heterocycles. The van der Waals surface area contributed by atoms with Gasteiger partial charge in [-0.15, -0.1) is 0 Å². The summed E-state index contributed by atoms with van der Waals surface area (Å²) in [4.78, 5) is 12.3. The van der Waals surface area contributed by atoms with E-state index in [0.717, 1.165) is 16.8 Å². The molecule has 0 bridgehead atoms. The van der Waals surface area contributed by atoms with Crippen molar-refractivity contribution < 1.29 is 4.79 Å². The van der Waals surface area contributed by atoms with Crippen LogP contribution in [0.4, 0.5) is 21.9 Å². The molecule has 0 aliphatic rings. The lowest BCUT2D eigenvalue weighted by Crippen LogP contribution is -2.19. The molecule has 3 rings (SSSR count). The number of H-pyrrole nitrogens is 1. The second-order valence-corrected chi connectivity index (χ2v) is 6.92. The minimum atomic E-state index is -0.339. The minimum absolute atomic E-state index is 0.339. The Morgan fingerprint density at radius 3 is 2.70 bits per heavy atom.